The van der Waals surface area contributed by atoms with Crippen LogP contribution in [0, 0.1) is 5.92 Å². The molecule has 0 aliphatic heterocycles. The Morgan fingerprint density at radius 2 is 2.11 bits per heavy atom. The minimum absolute atomic E-state index is 0.482. The molecule has 1 saturated carbocycles. The number of hydrogen-bond donors (Lipinski definition) is 2. The van der Waals surface area contributed by atoms with Crippen LogP contribution in [0.2, 0.25) is 0 Å². The third-order valence-corrected chi connectivity index (χ3v) is 4.58. The Morgan fingerprint density at radius 1 is 1.39 bits per heavy atom. The fraction of sp³-hybridized carbons (Fsp3) is 0.692. The lowest BCUT2D eigenvalue weighted by Crippen LogP contribution is -2.30. The van der Waals surface area contributed by atoms with Crippen molar-refractivity contribution < 1.29 is 0 Å². The first kappa shape index (κ1) is 13.6. The number of nitrogens with zero attached hydrogens (tertiary/aromatic N) is 2. The highest BCUT2D eigenvalue weighted by Crippen LogP contribution is 2.31. The second-order valence-corrected chi connectivity index (χ2v) is 5.77. The Morgan fingerprint density at radius 3 is 2.78 bits per heavy atom. The van der Waals surface area contributed by atoms with Crippen LogP contribution < -0.4 is 11.1 Å². The van der Waals surface area contributed by atoms with Crippen molar-refractivity contribution in [1.29, 1.82) is 0 Å². The third kappa shape index (κ3) is 3.13. The van der Waals surface area contributed by atoms with Gasteiger partial charge in [-0.3, -0.25) is 0 Å². The predicted molar refractivity (Wildman–Crippen MR) is 78.4 cm³/mol. The molecule has 1 aliphatic carbocycles. The van der Waals surface area contributed by atoms with E-state index in [4.69, 9.17) is 5.73 Å². The molecule has 1 aromatic rings. The predicted octanol–water partition coefficient (Wildman–Crippen LogP) is 3.59. The van der Waals surface area contributed by atoms with E-state index < -0.39 is 0 Å². The number of nitrogens with two attached hydrogens (primary N) is 1. The molecule has 3 N–H and O–H groups in total. The molecule has 18 heavy (non-hydrogen) atoms. The lowest BCUT2D eigenvalue weighted by Gasteiger charge is -2.30. The molecule has 0 spiro atoms. The van der Waals surface area contributed by atoms with Crippen molar-refractivity contribution in [2.24, 2.45) is 5.92 Å². The number of hydrogen-bond acceptors (Lipinski definition) is 4. The molecule has 1 unspecified atom stereocenters. The minimum atomic E-state index is 0.482. The van der Waals surface area contributed by atoms with Gasteiger partial charge in [0, 0.05) is 6.04 Å². The van der Waals surface area contributed by atoms with Crippen molar-refractivity contribution >= 4 is 27.6 Å². The smallest absolute Gasteiger partial charge is 0.146 e. The molecule has 1 heterocycles. The van der Waals surface area contributed by atoms with E-state index in [0.717, 1.165) is 22.6 Å². The van der Waals surface area contributed by atoms with Gasteiger partial charge in [-0.05, 0) is 41.1 Å². The van der Waals surface area contributed by atoms with Crippen LogP contribution in [0.1, 0.15) is 45.4 Å². The zero-order valence-electron chi connectivity index (χ0n) is 10.8. The molecule has 1 atom stereocenters. The first-order valence-electron chi connectivity index (χ1n) is 6.75. The molecule has 0 radical (unpaired) electrons. The summed E-state index contributed by atoms with van der Waals surface area (Å²) in [6.07, 6.45) is 9.37. The van der Waals surface area contributed by atoms with E-state index in [2.05, 4.69) is 38.1 Å². The largest absolute Gasteiger partial charge is 0.383 e. The summed E-state index contributed by atoms with van der Waals surface area (Å²) in [5.74, 6) is 2.07. The Balaban J connectivity index is 2.07. The van der Waals surface area contributed by atoms with Crippen LogP contribution in [-0.4, -0.2) is 16.0 Å². The fourth-order valence-electron chi connectivity index (χ4n) is 2.75. The molecule has 2 rings (SSSR count). The van der Waals surface area contributed by atoms with Crippen molar-refractivity contribution in [2.75, 3.05) is 11.1 Å². The van der Waals surface area contributed by atoms with E-state index in [1.54, 1.807) is 0 Å². The molecule has 1 fully saturated rings. The second-order valence-electron chi connectivity index (χ2n) is 4.98. The van der Waals surface area contributed by atoms with Crippen molar-refractivity contribution in [3.05, 3.63) is 10.8 Å². The van der Waals surface area contributed by atoms with Gasteiger partial charge in [-0.1, -0.05) is 26.2 Å². The van der Waals surface area contributed by atoms with E-state index in [0.29, 0.717) is 11.9 Å². The summed E-state index contributed by atoms with van der Waals surface area (Å²) in [5.41, 5.74) is 5.78. The fourth-order valence-corrected chi connectivity index (χ4v) is 3.07. The number of rotatable bonds is 4. The highest BCUT2D eigenvalue weighted by atomic mass is 79.9. The first-order valence-corrected chi connectivity index (χ1v) is 7.54. The van der Waals surface area contributed by atoms with Gasteiger partial charge in [0.25, 0.3) is 0 Å². The third-order valence-electron chi connectivity index (χ3n) is 3.80. The monoisotopic (exact) mass is 312 g/mol. The summed E-state index contributed by atoms with van der Waals surface area (Å²) in [5, 5.41) is 3.53. The topological polar surface area (TPSA) is 63.8 Å². The molecule has 1 aliphatic rings. The maximum absolute atomic E-state index is 5.78. The normalized spacial score (nSPS) is 18.6. The lowest BCUT2D eigenvalue weighted by molar-refractivity contribution is 0.312. The molecule has 0 saturated heterocycles. The average Bonchev–Trinajstić information content (AvgIpc) is 2.41. The van der Waals surface area contributed by atoms with Gasteiger partial charge < -0.3 is 11.1 Å². The molecule has 0 amide bonds. The summed E-state index contributed by atoms with van der Waals surface area (Å²) >= 11 is 3.45. The standard InChI is InChI=1S/C13H21BrN4/c1-2-10(9-6-4-3-5-7-9)18-13-11(14)12(15)16-8-17-13/h8-10H,2-7H2,1H3,(H3,15,16,17,18). The Bertz CT molecular complexity index is 391. The SMILES string of the molecule is CCC(Nc1ncnc(N)c1Br)C1CCCCC1. The highest BCUT2D eigenvalue weighted by Gasteiger charge is 2.23. The van der Waals surface area contributed by atoms with Gasteiger partial charge in [0.15, 0.2) is 0 Å². The zero-order valence-corrected chi connectivity index (χ0v) is 12.4. The molecule has 0 bridgehead atoms. The van der Waals surface area contributed by atoms with Crippen LogP contribution in [0.25, 0.3) is 0 Å². The van der Waals surface area contributed by atoms with E-state index in [9.17, 15) is 0 Å². The Labute approximate surface area is 117 Å². The molecule has 5 heteroatoms. The summed E-state index contributed by atoms with van der Waals surface area (Å²) in [6.45, 7) is 2.23. The van der Waals surface area contributed by atoms with Gasteiger partial charge >= 0.3 is 0 Å². The molecular weight excluding hydrogens is 292 g/mol. The van der Waals surface area contributed by atoms with Crippen molar-refractivity contribution in [1.82, 2.24) is 9.97 Å². The molecule has 0 aromatic carbocycles. The molecular formula is C13H21BrN4. The van der Waals surface area contributed by atoms with Crippen LogP contribution in [0.15, 0.2) is 10.8 Å². The van der Waals surface area contributed by atoms with Gasteiger partial charge in [0.2, 0.25) is 0 Å². The maximum atomic E-state index is 5.78. The van der Waals surface area contributed by atoms with Gasteiger partial charge in [-0.2, -0.15) is 0 Å². The number of halogens is 1. The maximum Gasteiger partial charge on any atom is 0.146 e. The van der Waals surface area contributed by atoms with Gasteiger partial charge in [0.1, 0.15) is 22.4 Å². The van der Waals surface area contributed by atoms with Crippen LogP contribution in [-0.2, 0) is 0 Å². The van der Waals surface area contributed by atoms with E-state index in [1.807, 2.05) is 0 Å². The second kappa shape index (κ2) is 6.36. The van der Waals surface area contributed by atoms with Gasteiger partial charge in [-0.15, -0.1) is 0 Å². The summed E-state index contributed by atoms with van der Waals surface area (Å²) < 4.78 is 0.777. The summed E-state index contributed by atoms with van der Waals surface area (Å²) in [4.78, 5) is 8.24. The first-order chi connectivity index (χ1) is 8.72. The average molecular weight is 313 g/mol. The highest BCUT2D eigenvalue weighted by molar-refractivity contribution is 9.10. The van der Waals surface area contributed by atoms with Crippen LogP contribution in [0.4, 0.5) is 11.6 Å². The van der Waals surface area contributed by atoms with E-state index >= 15 is 0 Å². The van der Waals surface area contributed by atoms with E-state index in [1.165, 1.54) is 38.4 Å². The van der Waals surface area contributed by atoms with Crippen LogP contribution in [0.3, 0.4) is 0 Å². The van der Waals surface area contributed by atoms with Crippen molar-refractivity contribution in [2.45, 2.75) is 51.5 Å². The molecule has 4 nitrogen and oxygen atoms in total. The molecule has 100 valence electrons. The number of aromatic nitrogens is 2. The van der Waals surface area contributed by atoms with Crippen LogP contribution >= 0.6 is 15.9 Å². The number of nitrogens with one attached hydrogen (secondary N) is 1. The summed E-state index contributed by atoms with van der Waals surface area (Å²) in [6, 6.07) is 0.482. The minimum Gasteiger partial charge on any atom is -0.383 e. The number of anilines is 2. The Hall–Kier alpha value is -0.840. The lowest BCUT2D eigenvalue weighted by atomic mass is 9.83. The van der Waals surface area contributed by atoms with Crippen molar-refractivity contribution in [3.8, 4) is 0 Å². The van der Waals surface area contributed by atoms with E-state index in [-0.39, 0.29) is 0 Å². The zero-order chi connectivity index (χ0) is 13.0. The molecule has 1 aromatic heterocycles. The van der Waals surface area contributed by atoms with Gasteiger partial charge in [0.05, 0.1) is 0 Å². The summed E-state index contributed by atoms with van der Waals surface area (Å²) in [7, 11) is 0. The van der Waals surface area contributed by atoms with Gasteiger partial charge in [-0.25, -0.2) is 9.97 Å². The van der Waals surface area contributed by atoms with Crippen molar-refractivity contribution in [3.63, 3.8) is 0 Å². The number of nitrogen functional groups attached to an aromatic ring is 1. The van der Waals surface area contributed by atoms with Crippen LogP contribution in [0.5, 0.6) is 0 Å². The quantitative estimate of drug-likeness (QED) is 0.891. The Kier molecular flexibility index (Phi) is 4.80.